The maximum Gasteiger partial charge on any atom is -0.00135 e. The van der Waals surface area contributed by atoms with Crippen molar-refractivity contribution >= 4 is 0 Å². The normalized spacial score (nSPS) is 23.1. The lowest BCUT2D eigenvalue weighted by Crippen LogP contribution is -2.45. The highest BCUT2D eigenvalue weighted by atomic mass is 15.1. The first-order valence-corrected chi connectivity index (χ1v) is 7.78. The van der Waals surface area contributed by atoms with Crippen molar-refractivity contribution in [3.8, 4) is 0 Å². The second-order valence-corrected chi connectivity index (χ2v) is 4.68. The Morgan fingerprint density at radius 1 is 0.882 bits per heavy atom. The van der Waals surface area contributed by atoms with E-state index in [1.165, 1.54) is 58.4 Å². The van der Waals surface area contributed by atoms with E-state index in [4.69, 9.17) is 0 Å². The van der Waals surface area contributed by atoms with Crippen molar-refractivity contribution < 1.29 is 0 Å². The van der Waals surface area contributed by atoms with E-state index in [1.54, 1.807) is 0 Å². The summed E-state index contributed by atoms with van der Waals surface area (Å²) in [6.07, 6.45) is 5.74. The van der Waals surface area contributed by atoms with Gasteiger partial charge in [-0.05, 0) is 63.8 Å². The van der Waals surface area contributed by atoms with E-state index >= 15 is 0 Å². The number of hydrogen-bond donors (Lipinski definition) is 1. The number of hydrogen-bond acceptors (Lipinski definition) is 2. The molecule has 1 N–H and O–H groups in total. The van der Waals surface area contributed by atoms with Crippen LogP contribution in [0.1, 0.15) is 60.3 Å². The lowest BCUT2D eigenvalue weighted by molar-refractivity contribution is 0.0770. The molecule has 0 aliphatic carbocycles. The summed E-state index contributed by atoms with van der Waals surface area (Å²) in [5.74, 6) is 0. The fourth-order valence-corrected chi connectivity index (χ4v) is 2.80. The predicted molar refractivity (Wildman–Crippen MR) is 78.6 cm³/mol. The molecule has 1 spiro atoms. The average molecular weight is 242 g/mol. The van der Waals surface area contributed by atoms with Gasteiger partial charge in [0.2, 0.25) is 0 Å². The van der Waals surface area contributed by atoms with Gasteiger partial charge in [-0.1, -0.05) is 34.6 Å². The zero-order valence-electron chi connectivity index (χ0n) is 12.8. The SMILES string of the molecule is CC.CC.CCN1CCC2(CCNCC2)CC1. The molecule has 2 aliphatic rings. The van der Waals surface area contributed by atoms with Crippen LogP contribution in [0.5, 0.6) is 0 Å². The molecule has 0 radical (unpaired) electrons. The molecule has 0 aromatic heterocycles. The molecule has 0 bridgehead atoms. The Kier molecular flexibility index (Phi) is 9.85. The maximum absolute atomic E-state index is 3.47. The molecule has 0 saturated carbocycles. The van der Waals surface area contributed by atoms with Crippen LogP contribution >= 0.6 is 0 Å². The number of nitrogens with one attached hydrogen (secondary N) is 1. The highest BCUT2D eigenvalue weighted by molar-refractivity contribution is 4.89. The Morgan fingerprint density at radius 2 is 1.35 bits per heavy atom. The third-order valence-corrected chi connectivity index (χ3v) is 4.03. The molecule has 0 aromatic rings. The van der Waals surface area contributed by atoms with E-state index < -0.39 is 0 Å². The Morgan fingerprint density at radius 3 is 1.76 bits per heavy atom. The summed E-state index contributed by atoms with van der Waals surface area (Å²) in [5, 5.41) is 3.47. The van der Waals surface area contributed by atoms with Crippen LogP contribution in [0.15, 0.2) is 0 Å². The Bertz CT molecular complexity index is 152. The summed E-state index contributed by atoms with van der Waals surface area (Å²) in [5.41, 5.74) is 0.733. The summed E-state index contributed by atoms with van der Waals surface area (Å²) in [7, 11) is 0. The Balaban J connectivity index is 0.000000581. The smallest absolute Gasteiger partial charge is 0.00135 e. The zero-order valence-corrected chi connectivity index (χ0v) is 12.8. The zero-order chi connectivity index (χ0) is 13.1. The molecule has 0 atom stereocenters. The third-order valence-electron chi connectivity index (χ3n) is 4.03. The quantitative estimate of drug-likeness (QED) is 0.757. The first-order valence-electron chi connectivity index (χ1n) is 7.78. The van der Waals surface area contributed by atoms with Crippen molar-refractivity contribution in [2.75, 3.05) is 32.7 Å². The lowest BCUT2D eigenvalue weighted by atomic mass is 9.71. The highest BCUT2D eigenvalue weighted by Gasteiger charge is 2.34. The molecule has 0 aromatic carbocycles. The molecule has 2 heterocycles. The van der Waals surface area contributed by atoms with E-state index in [1.807, 2.05) is 27.7 Å². The van der Waals surface area contributed by atoms with Gasteiger partial charge in [0, 0.05) is 0 Å². The standard InChI is InChI=1S/C11H22N2.2C2H6/c1-2-13-9-5-11(6-10-13)3-7-12-8-4-11;2*1-2/h12H,2-10H2,1H3;2*1-2H3. The van der Waals surface area contributed by atoms with Gasteiger partial charge in [-0.2, -0.15) is 0 Å². The lowest BCUT2D eigenvalue weighted by Gasteiger charge is -2.44. The van der Waals surface area contributed by atoms with Gasteiger partial charge in [0.1, 0.15) is 0 Å². The van der Waals surface area contributed by atoms with Crippen molar-refractivity contribution in [2.24, 2.45) is 5.41 Å². The highest BCUT2D eigenvalue weighted by Crippen LogP contribution is 2.39. The van der Waals surface area contributed by atoms with E-state index in [2.05, 4.69) is 17.1 Å². The van der Waals surface area contributed by atoms with Gasteiger partial charge in [-0.3, -0.25) is 0 Å². The van der Waals surface area contributed by atoms with E-state index in [0.717, 1.165) is 5.41 Å². The fraction of sp³-hybridized carbons (Fsp3) is 1.00. The summed E-state index contributed by atoms with van der Waals surface area (Å²) < 4.78 is 0. The van der Waals surface area contributed by atoms with Crippen molar-refractivity contribution in [1.82, 2.24) is 10.2 Å². The molecule has 2 saturated heterocycles. The Labute approximate surface area is 109 Å². The number of nitrogens with zero attached hydrogens (tertiary/aromatic N) is 1. The van der Waals surface area contributed by atoms with E-state index in [-0.39, 0.29) is 0 Å². The van der Waals surface area contributed by atoms with Crippen LogP contribution < -0.4 is 5.32 Å². The minimum Gasteiger partial charge on any atom is -0.317 e. The van der Waals surface area contributed by atoms with Crippen LogP contribution in [0.3, 0.4) is 0 Å². The van der Waals surface area contributed by atoms with E-state index in [9.17, 15) is 0 Å². The van der Waals surface area contributed by atoms with Crippen LogP contribution in [0.4, 0.5) is 0 Å². The summed E-state index contributed by atoms with van der Waals surface area (Å²) in [4.78, 5) is 2.59. The van der Waals surface area contributed by atoms with Crippen LogP contribution in [-0.2, 0) is 0 Å². The van der Waals surface area contributed by atoms with Gasteiger partial charge in [-0.25, -0.2) is 0 Å². The topological polar surface area (TPSA) is 15.3 Å². The largest absolute Gasteiger partial charge is 0.317 e. The number of piperidine rings is 2. The molecule has 2 rings (SSSR count). The summed E-state index contributed by atoms with van der Waals surface area (Å²) >= 11 is 0. The van der Waals surface area contributed by atoms with Gasteiger partial charge in [0.15, 0.2) is 0 Å². The third kappa shape index (κ3) is 5.39. The summed E-state index contributed by atoms with van der Waals surface area (Å²) in [6, 6.07) is 0. The molecule has 2 nitrogen and oxygen atoms in total. The minimum atomic E-state index is 0.733. The van der Waals surface area contributed by atoms with Crippen molar-refractivity contribution in [3.05, 3.63) is 0 Å². The molecule has 0 amide bonds. The Hall–Kier alpha value is -0.0800. The molecule has 2 fully saturated rings. The van der Waals surface area contributed by atoms with Crippen LogP contribution in [0.25, 0.3) is 0 Å². The first kappa shape index (κ1) is 16.9. The maximum atomic E-state index is 3.47. The summed E-state index contributed by atoms with van der Waals surface area (Å²) in [6.45, 7) is 16.7. The average Bonchev–Trinajstić information content (AvgIpc) is 2.45. The molecule has 104 valence electrons. The monoisotopic (exact) mass is 242 g/mol. The second kappa shape index (κ2) is 9.90. The minimum absolute atomic E-state index is 0.733. The van der Waals surface area contributed by atoms with E-state index in [0.29, 0.717) is 0 Å². The fourth-order valence-electron chi connectivity index (χ4n) is 2.80. The van der Waals surface area contributed by atoms with Crippen molar-refractivity contribution in [3.63, 3.8) is 0 Å². The molecule has 2 aliphatic heterocycles. The number of likely N-dealkylation sites (tertiary alicyclic amines) is 1. The second-order valence-electron chi connectivity index (χ2n) is 4.68. The van der Waals surface area contributed by atoms with Crippen LogP contribution in [0.2, 0.25) is 0 Å². The van der Waals surface area contributed by atoms with Gasteiger partial charge >= 0.3 is 0 Å². The number of rotatable bonds is 1. The molecule has 17 heavy (non-hydrogen) atoms. The van der Waals surface area contributed by atoms with Crippen molar-refractivity contribution in [1.29, 1.82) is 0 Å². The van der Waals surface area contributed by atoms with Crippen molar-refractivity contribution in [2.45, 2.75) is 60.3 Å². The predicted octanol–water partition coefficient (Wildman–Crippen LogP) is 3.52. The van der Waals surface area contributed by atoms with Gasteiger partial charge in [0.05, 0.1) is 0 Å². The first-order chi connectivity index (χ1) is 8.35. The van der Waals surface area contributed by atoms with Gasteiger partial charge < -0.3 is 10.2 Å². The van der Waals surface area contributed by atoms with Gasteiger partial charge in [-0.15, -0.1) is 0 Å². The van der Waals surface area contributed by atoms with Crippen LogP contribution in [0, 0.1) is 5.41 Å². The molecular formula is C15H34N2. The molecular weight excluding hydrogens is 208 g/mol. The molecule has 2 heteroatoms. The van der Waals surface area contributed by atoms with Crippen LogP contribution in [-0.4, -0.2) is 37.6 Å². The molecule has 0 unspecified atom stereocenters. The van der Waals surface area contributed by atoms with Gasteiger partial charge in [0.25, 0.3) is 0 Å².